The molecule has 4 rings (SSSR count). The highest BCUT2D eigenvalue weighted by Crippen LogP contribution is 2.22. The van der Waals surface area contributed by atoms with Crippen LogP contribution in [0.5, 0.6) is 5.88 Å². The fraction of sp³-hybridized carbons (Fsp3) is 0.250. The minimum atomic E-state index is -2.53. The van der Waals surface area contributed by atoms with E-state index in [0.29, 0.717) is 41.6 Å². The van der Waals surface area contributed by atoms with Crippen molar-refractivity contribution in [1.82, 2.24) is 30.5 Å². The second kappa shape index (κ2) is 8.36. The highest BCUT2D eigenvalue weighted by molar-refractivity contribution is 5.96. The first kappa shape index (κ1) is 19.6. The van der Waals surface area contributed by atoms with Crippen LogP contribution in [-0.4, -0.2) is 37.6 Å². The van der Waals surface area contributed by atoms with Gasteiger partial charge in [0.2, 0.25) is 11.8 Å². The number of nitrogens with zero attached hydrogens (tertiary/aromatic N) is 5. The van der Waals surface area contributed by atoms with Crippen LogP contribution in [-0.2, 0) is 11.4 Å². The molecule has 1 aliphatic rings. The van der Waals surface area contributed by atoms with Crippen LogP contribution >= 0.6 is 0 Å². The number of nitrogens with one attached hydrogen (secondary N) is 1. The summed E-state index contributed by atoms with van der Waals surface area (Å²) < 4.78 is 32.8. The van der Waals surface area contributed by atoms with Gasteiger partial charge in [-0.05, 0) is 37.1 Å². The van der Waals surface area contributed by atoms with Crippen molar-refractivity contribution in [2.24, 2.45) is 0 Å². The summed E-state index contributed by atoms with van der Waals surface area (Å²) in [5, 5.41) is 19.0. The number of ether oxygens (including phenoxy) is 1. The Morgan fingerprint density at radius 1 is 1.13 bits per heavy atom. The normalized spacial score (nSPS) is 13.9. The number of aryl methyl sites for hydroxylation is 1. The topological polar surface area (TPSA) is 94.8 Å². The molecule has 0 aliphatic carbocycles. The molecule has 154 valence electrons. The van der Waals surface area contributed by atoms with Gasteiger partial charge in [-0.3, -0.25) is 4.79 Å². The van der Waals surface area contributed by atoms with Gasteiger partial charge in [-0.15, -0.1) is 15.3 Å². The third-order valence-corrected chi connectivity index (χ3v) is 4.67. The SMILES string of the molecule is Cc1nnn(-c2ccc(C(F)F)cc2)c1COc1ccc(C2=CC(=O)NCC2)nn1. The molecular formula is C20H18F2N6O2. The summed E-state index contributed by atoms with van der Waals surface area (Å²) in [5.74, 6) is 0.163. The van der Waals surface area contributed by atoms with Gasteiger partial charge in [-0.25, -0.2) is 13.5 Å². The number of amides is 1. The average molecular weight is 412 g/mol. The largest absolute Gasteiger partial charge is 0.470 e. The molecule has 30 heavy (non-hydrogen) atoms. The van der Waals surface area contributed by atoms with Crippen LogP contribution in [0.15, 0.2) is 42.5 Å². The number of rotatable bonds is 6. The van der Waals surface area contributed by atoms with Crippen LogP contribution < -0.4 is 10.1 Å². The van der Waals surface area contributed by atoms with Crippen molar-refractivity contribution < 1.29 is 18.3 Å². The molecule has 0 saturated heterocycles. The quantitative estimate of drug-likeness (QED) is 0.669. The van der Waals surface area contributed by atoms with Crippen LogP contribution in [0, 0.1) is 6.92 Å². The van der Waals surface area contributed by atoms with Gasteiger partial charge in [0.1, 0.15) is 12.3 Å². The number of halogens is 2. The van der Waals surface area contributed by atoms with E-state index in [9.17, 15) is 13.6 Å². The number of carbonyl (C=O) groups is 1. The van der Waals surface area contributed by atoms with Crippen LogP contribution in [0.25, 0.3) is 11.3 Å². The van der Waals surface area contributed by atoms with E-state index in [1.54, 1.807) is 31.2 Å². The molecule has 8 nitrogen and oxygen atoms in total. The predicted octanol–water partition coefficient (Wildman–Crippen LogP) is 2.79. The second-order valence-electron chi connectivity index (χ2n) is 6.68. The molecule has 3 heterocycles. The Hall–Kier alpha value is -3.69. The maximum atomic E-state index is 12.8. The molecule has 1 N–H and O–H groups in total. The Balaban J connectivity index is 1.48. The zero-order valence-electron chi connectivity index (χ0n) is 16.0. The number of aromatic nitrogens is 5. The van der Waals surface area contributed by atoms with E-state index in [1.807, 2.05) is 0 Å². The molecule has 2 aromatic heterocycles. The number of hydrogen-bond acceptors (Lipinski definition) is 6. The van der Waals surface area contributed by atoms with Crippen molar-refractivity contribution in [3.8, 4) is 11.6 Å². The van der Waals surface area contributed by atoms with Gasteiger partial charge in [0.15, 0.2) is 0 Å². The fourth-order valence-corrected chi connectivity index (χ4v) is 3.03. The molecule has 1 amide bonds. The monoisotopic (exact) mass is 412 g/mol. The van der Waals surface area contributed by atoms with Crippen molar-refractivity contribution in [3.05, 3.63) is 65.1 Å². The lowest BCUT2D eigenvalue weighted by molar-refractivity contribution is -0.116. The Kier molecular flexibility index (Phi) is 5.46. The summed E-state index contributed by atoms with van der Waals surface area (Å²) in [6.07, 6.45) is -0.324. The van der Waals surface area contributed by atoms with Crippen molar-refractivity contribution in [1.29, 1.82) is 0 Å². The number of benzene rings is 1. The van der Waals surface area contributed by atoms with E-state index in [4.69, 9.17) is 4.74 Å². The van der Waals surface area contributed by atoms with Crippen molar-refractivity contribution in [2.75, 3.05) is 6.54 Å². The molecule has 10 heteroatoms. The lowest BCUT2D eigenvalue weighted by Gasteiger charge is -2.13. The molecule has 3 aromatic rings. The predicted molar refractivity (Wildman–Crippen MR) is 103 cm³/mol. The maximum Gasteiger partial charge on any atom is 0.263 e. The summed E-state index contributed by atoms with van der Waals surface area (Å²) >= 11 is 0. The van der Waals surface area contributed by atoms with Crippen LogP contribution in [0.1, 0.15) is 35.5 Å². The molecule has 0 atom stereocenters. The molecule has 0 radical (unpaired) electrons. The molecule has 0 fully saturated rings. The second-order valence-corrected chi connectivity index (χ2v) is 6.68. The van der Waals surface area contributed by atoms with Gasteiger partial charge in [-0.1, -0.05) is 17.3 Å². The Labute approximate surface area is 170 Å². The summed E-state index contributed by atoms with van der Waals surface area (Å²) in [6.45, 7) is 2.47. The Morgan fingerprint density at radius 2 is 1.93 bits per heavy atom. The molecule has 0 spiro atoms. The van der Waals surface area contributed by atoms with E-state index in [0.717, 1.165) is 5.57 Å². The third-order valence-electron chi connectivity index (χ3n) is 4.67. The highest BCUT2D eigenvalue weighted by atomic mass is 19.3. The van der Waals surface area contributed by atoms with Crippen LogP contribution in [0.3, 0.4) is 0 Å². The van der Waals surface area contributed by atoms with Gasteiger partial charge in [0, 0.05) is 24.3 Å². The van der Waals surface area contributed by atoms with Crippen molar-refractivity contribution >= 4 is 11.5 Å². The maximum absolute atomic E-state index is 12.8. The first-order valence-corrected chi connectivity index (χ1v) is 9.26. The molecule has 1 aliphatic heterocycles. The Morgan fingerprint density at radius 3 is 2.60 bits per heavy atom. The van der Waals surface area contributed by atoms with E-state index in [-0.39, 0.29) is 18.1 Å². The first-order valence-electron chi connectivity index (χ1n) is 9.26. The zero-order valence-corrected chi connectivity index (χ0v) is 16.0. The summed E-state index contributed by atoms with van der Waals surface area (Å²) in [7, 11) is 0. The van der Waals surface area contributed by atoms with Gasteiger partial charge in [0.25, 0.3) is 6.43 Å². The Bertz CT molecular complexity index is 1080. The highest BCUT2D eigenvalue weighted by Gasteiger charge is 2.15. The molecule has 1 aromatic carbocycles. The molecular weight excluding hydrogens is 394 g/mol. The van der Waals surface area contributed by atoms with E-state index < -0.39 is 6.43 Å². The molecule has 0 unspecified atom stereocenters. The third kappa shape index (κ3) is 4.17. The minimum Gasteiger partial charge on any atom is -0.470 e. The van der Waals surface area contributed by atoms with Gasteiger partial charge in [0.05, 0.1) is 17.1 Å². The lowest BCUT2D eigenvalue weighted by Crippen LogP contribution is -2.26. The smallest absolute Gasteiger partial charge is 0.263 e. The van der Waals surface area contributed by atoms with E-state index in [1.165, 1.54) is 22.9 Å². The fourth-order valence-electron chi connectivity index (χ4n) is 3.03. The minimum absolute atomic E-state index is 0.0608. The number of hydrogen-bond donors (Lipinski definition) is 1. The average Bonchev–Trinajstić information content (AvgIpc) is 3.13. The van der Waals surface area contributed by atoms with Crippen LogP contribution in [0.2, 0.25) is 0 Å². The first-order chi connectivity index (χ1) is 14.5. The number of carbonyl (C=O) groups excluding carboxylic acids is 1. The summed E-state index contributed by atoms with van der Waals surface area (Å²) in [5.41, 5.74) is 3.30. The lowest BCUT2D eigenvalue weighted by atomic mass is 10.1. The molecule has 0 saturated carbocycles. The standard InChI is InChI=1S/C20H18F2N6O2/c1-12-17(28(27-24-12)15-4-2-13(3-5-15)20(21)22)11-30-19-7-6-16(25-26-19)14-8-9-23-18(29)10-14/h2-7,10,20H,8-9,11H2,1H3,(H,23,29). The van der Waals surface area contributed by atoms with Crippen molar-refractivity contribution in [2.45, 2.75) is 26.4 Å². The zero-order chi connectivity index (χ0) is 21.1. The van der Waals surface area contributed by atoms with E-state index >= 15 is 0 Å². The molecule has 0 bridgehead atoms. The van der Waals surface area contributed by atoms with Gasteiger partial charge in [-0.2, -0.15) is 0 Å². The van der Waals surface area contributed by atoms with Crippen LogP contribution in [0.4, 0.5) is 8.78 Å². The summed E-state index contributed by atoms with van der Waals surface area (Å²) in [6, 6.07) is 9.25. The van der Waals surface area contributed by atoms with Crippen molar-refractivity contribution in [3.63, 3.8) is 0 Å². The summed E-state index contributed by atoms with van der Waals surface area (Å²) in [4.78, 5) is 11.5. The number of alkyl halides is 2. The van der Waals surface area contributed by atoms with Gasteiger partial charge >= 0.3 is 0 Å². The van der Waals surface area contributed by atoms with Gasteiger partial charge < -0.3 is 10.1 Å². The van der Waals surface area contributed by atoms with E-state index in [2.05, 4.69) is 25.8 Å².